The van der Waals surface area contributed by atoms with Gasteiger partial charge in [0.15, 0.2) is 5.65 Å². The quantitative estimate of drug-likeness (QED) is 0.0989. The molecule has 0 saturated carbocycles. The predicted molar refractivity (Wildman–Crippen MR) is 214 cm³/mol. The van der Waals surface area contributed by atoms with Gasteiger partial charge in [0, 0.05) is 69.0 Å². The lowest BCUT2D eigenvalue weighted by molar-refractivity contribution is -0.137. The molecule has 15 heteroatoms. The first-order valence-electron chi connectivity index (χ1n) is 20.2. The number of aromatic nitrogens is 4. The summed E-state index contributed by atoms with van der Waals surface area (Å²) in [6.07, 6.45) is 7.78. The van der Waals surface area contributed by atoms with Gasteiger partial charge >= 0.3 is 6.01 Å². The van der Waals surface area contributed by atoms with Crippen LogP contribution in [0.2, 0.25) is 0 Å². The van der Waals surface area contributed by atoms with E-state index in [-0.39, 0.29) is 36.2 Å². The predicted octanol–water partition coefficient (Wildman–Crippen LogP) is 4.85. The summed E-state index contributed by atoms with van der Waals surface area (Å²) >= 11 is 0. The van der Waals surface area contributed by atoms with Crippen LogP contribution in [-0.2, 0) is 38.6 Å². The van der Waals surface area contributed by atoms with Gasteiger partial charge in [-0.25, -0.2) is 0 Å². The SMILES string of the molecule is CC(C)c1cnn2c(NCc3ccc(NC(=O)CCCCOCCCc4cccc5c4CN(C4CCC(=O)NC4=O)C5=O)cc3)nc(OC3CCN(C)CC3)nc12. The molecule has 4 amide bonds. The fraction of sp³-hybridized carbons (Fsp3) is 0.500. The molecule has 4 aromatic rings. The molecule has 1 atom stereocenters. The van der Waals surface area contributed by atoms with Gasteiger partial charge in [0.05, 0.1) is 6.20 Å². The maximum absolute atomic E-state index is 13.1. The number of hydrogen-bond acceptors (Lipinski definition) is 11. The Morgan fingerprint density at radius 1 is 0.982 bits per heavy atom. The van der Waals surface area contributed by atoms with Crippen LogP contribution in [0.3, 0.4) is 0 Å². The molecule has 15 nitrogen and oxygen atoms in total. The molecule has 57 heavy (non-hydrogen) atoms. The van der Waals surface area contributed by atoms with Crippen molar-refractivity contribution in [1.82, 2.24) is 34.7 Å². The number of nitrogens with one attached hydrogen (secondary N) is 3. The highest BCUT2D eigenvalue weighted by molar-refractivity contribution is 6.05. The molecule has 2 aromatic heterocycles. The van der Waals surface area contributed by atoms with Crippen LogP contribution < -0.4 is 20.7 Å². The molecule has 302 valence electrons. The summed E-state index contributed by atoms with van der Waals surface area (Å²) in [6.45, 7) is 8.21. The van der Waals surface area contributed by atoms with E-state index >= 15 is 0 Å². The number of likely N-dealkylation sites (tertiary alicyclic amines) is 1. The lowest BCUT2D eigenvalue weighted by Gasteiger charge is -2.29. The number of unbranched alkanes of at least 4 members (excludes halogenated alkanes) is 1. The van der Waals surface area contributed by atoms with Gasteiger partial charge in [0.25, 0.3) is 5.91 Å². The number of ether oxygens (including phenoxy) is 2. The van der Waals surface area contributed by atoms with Crippen molar-refractivity contribution in [3.63, 3.8) is 0 Å². The van der Waals surface area contributed by atoms with Gasteiger partial charge in [-0.3, -0.25) is 24.5 Å². The highest BCUT2D eigenvalue weighted by Gasteiger charge is 2.39. The summed E-state index contributed by atoms with van der Waals surface area (Å²) < 4.78 is 13.9. The number of carbonyl (C=O) groups excluding carboxylic acids is 4. The zero-order valence-corrected chi connectivity index (χ0v) is 33.1. The average Bonchev–Trinajstić information content (AvgIpc) is 3.78. The van der Waals surface area contributed by atoms with Crippen molar-refractivity contribution in [2.24, 2.45) is 0 Å². The van der Waals surface area contributed by atoms with Crippen molar-refractivity contribution in [3.05, 3.63) is 76.5 Å². The summed E-state index contributed by atoms with van der Waals surface area (Å²) in [6, 6.07) is 13.2. The second-order valence-electron chi connectivity index (χ2n) is 15.6. The number of aryl methyl sites for hydroxylation is 1. The minimum Gasteiger partial charge on any atom is -0.460 e. The third-order valence-electron chi connectivity index (χ3n) is 11.0. The molecular weight excluding hydrogens is 727 g/mol. The second kappa shape index (κ2) is 18.2. The fourth-order valence-electron chi connectivity index (χ4n) is 7.65. The molecule has 3 aliphatic heterocycles. The lowest BCUT2D eigenvalue weighted by atomic mass is 10.00. The van der Waals surface area contributed by atoms with Gasteiger partial charge in [-0.1, -0.05) is 38.1 Å². The third-order valence-corrected chi connectivity index (χ3v) is 11.0. The van der Waals surface area contributed by atoms with Crippen LogP contribution in [0.4, 0.5) is 11.6 Å². The number of nitrogens with zero attached hydrogens (tertiary/aromatic N) is 6. The summed E-state index contributed by atoms with van der Waals surface area (Å²) in [5, 5.41) is 13.3. The van der Waals surface area contributed by atoms with Crippen molar-refractivity contribution < 1.29 is 28.7 Å². The Kier molecular flexibility index (Phi) is 12.7. The first kappa shape index (κ1) is 39.8. The topological polar surface area (TPSA) is 172 Å². The Balaban J connectivity index is 0.808. The van der Waals surface area contributed by atoms with E-state index in [0.29, 0.717) is 63.1 Å². The van der Waals surface area contributed by atoms with E-state index < -0.39 is 11.9 Å². The normalized spacial score (nSPS) is 17.6. The number of anilines is 2. The number of carbonyl (C=O) groups is 4. The van der Waals surface area contributed by atoms with Crippen molar-refractivity contribution in [2.45, 2.75) is 103 Å². The number of hydrogen-bond donors (Lipinski definition) is 3. The Morgan fingerprint density at radius 3 is 2.54 bits per heavy atom. The molecule has 3 aliphatic rings. The van der Waals surface area contributed by atoms with Crippen LogP contribution >= 0.6 is 0 Å². The molecular formula is C42H53N9O6. The van der Waals surface area contributed by atoms with Crippen LogP contribution in [0.1, 0.15) is 104 Å². The summed E-state index contributed by atoms with van der Waals surface area (Å²) in [7, 11) is 2.12. The monoisotopic (exact) mass is 779 g/mol. The number of amides is 4. The molecule has 0 spiro atoms. The van der Waals surface area contributed by atoms with Crippen molar-refractivity contribution in [1.29, 1.82) is 0 Å². The van der Waals surface area contributed by atoms with Gasteiger partial charge in [0.2, 0.25) is 23.7 Å². The molecule has 0 radical (unpaired) electrons. The molecule has 7 rings (SSSR count). The van der Waals surface area contributed by atoms with E-state index in [9.17, 15) is 19.2 Å². The zero-order valence-electron chi connectivity index (χ0n) is 33.1. The van der Waals surface area contributed by atoms with Crippen molar-refractivity contribution >= 4 is 40.9 Å². The molecule has 0 aliphatic carbocycles. The standard InChI is InChI=1S/C42H53N9O6/c1-27(2)33-25-44-51-38(33)47-42(57-31-18-20-49(3)21-19-31)48-41(51)43-24-28-12-14-30(15-13-28)45-36(52)11-4-5-22-56-23-7-9-29-8-6-10-32-34(29)26-50(40(32)55)35-16-17-37(53)46-39(35)54/h6,8,10,12-15,25,27,31,35H,4-5,7,9,11,16-24,26H2,1-3H3,(H,45,52)(H,43,47,48)(H,46,53,54). The molecule has 3 N–H and O–H groups in total. The van der Waals surface area contributed by atoms with E-state index in [4.69, 9.17) is 19.4 Å². The van der Waals surface area contributed by atoms with Crippen LogP contribution in [0.15, 0.2) is 48.7 Å². The van der Waals surface area contributed by atoms with Crippen molar-refractivity contribution in [2.75, 3.05) is 44.0 Å². The molecule has 5 heterocycles. The van der Waals surface area contributed by atoms with Crippen LogP contribution in [0.5, 0.6) is 6.01 Å². The average molecular weight is 780 g/mol. The summed E-state index contributed by atoms with van der Waals surface area (Å²) in [4.78, 5) is 63.1. The van der Waals surface area contributed by atoms with Gasteiger partial charge < -0.3 is 29.9 Å². The maximum atomic E-state index is 13.1. The van der Waals surface area contributed by atoms with Gasteiger partial charge in [-0.15, -0.1) is 0 Å². The second-order valence-corrected chi connectivity index (χ2v) is 15.6. The van der Waals surface area contributed by atoms with E-state index in [1.807, 2.05) is 42.6 Å². The number of benzene rings is 2. The number of rotatable bonds is 17. The molecule has 0 bridgehead atoms. The Hall–Kier alpha value is -5.41. The van der Waals surface area contributed by atoms with E-state index in [0.717, 1.165) is 78.8 Å². The third kappa shape index (κ3) is 9.77. The highest BCUT2D eigenvalue weighted by atomic mass is 16.5. The Bertz CT molecular complexity index is 2080. The van der Waals surface area contributed by atoms with Gasteiger partial charge in [0.1, 0.15) is 12.1 Å². The molecule has 2 fully saturated rings. The molecule has 1 unspecified atom stereocenters. The Morgan fingerprint density at radius 2 is 1.77 bits per heavy atom. The number of piperidine rings is 2. The zero-order chi connectivity index (χ0) is 39.9. The molecule has 2 aromatic carbocycles. The smallest absolute Gasteiger partial charge is 0.322 e. The summed E-state index contributed by atoms with van der Waals surface area (Å²) in [5.41, 5.74) is 6.18. The minimum absolute atomic E-state index is 0.0418. The van der Waals surface area contributed by atoms with Gasteiger partial charge in [-0.2, -0.15) is 19.6 Å². The lowest BCUT2D eigenvalue weighted by Crippen LogP contribution is -2.52. The first-order valence-corrected chi connectivity index (χ1v) is 20.2. The molecule has 2 saturated heterocycles. The summed E-state index contributed by atoms with van der Waals surface area (Å²) in [5.74, 6) is -0.0933. The maximum Gasteiger partial charge on any atom is 0.322 e. The first-order chi connectivity index (χ1) is 27.6. The van der Waals surface area contributed by atoms with Crippen LogP contribution in [-0.4, -0.2) is 98.5 Å². The van der Waals surface area contributed by atoms with E-state index in [1.165, 1.54) is 0 Å². The van der Waals surface area contributed by atoms with E-state index in [2.05, 4.69) is 46.8 Å². The highest BCUT2D eigenvalue weighted by Crippen LogP contribution is 2.31. The largest absolute Gasteiger partial charge is 0.460 e. The Labute approximate surface area is 332 Å². The van der Waals surface area contributed by atoms with Crippen molar-refractivity contribution in [3.8, 4) is 6.01 Å². The van der Waals surface area contributed by atoms with Crippen LogP contribution in [0, 0.1) is 0 Å². The van der Waals surface area contributed by atoms with Crippen LogP contribution in [0.25, 0.3) is 5.65 Å². The number of fused-ring (bicyclic) bond motifs is 2. The number of imide groups is 1. The fourth-order valence-corrected chi connectivity index (χ4v) is 7.65. The minimum atomic E-state index is -0.622. The van der Waals surface area contributed by atoms with E-state index in [1.54, 1.807) is 15.5 Å². The van der Waals surface area contributed by atoms with Gasteiger partial charge in [-0.05, 0) is 92.8 Å².